The highest BCUT2D eigenvalue weighted by molar-refractivity contribution is 5.94. The molecule has 8 nitrogen and oxygen atoms in total. The van der Waals surface area contributed by atoms with Crippen molar-refractivity contribution in [2.75, 3.05) is 19.6 Å². The van der Waals surface area contributed by atoms with Gasteiger partial charge >= 0.3 is 0 Å². The van der Waals surface area contributed by atoms with E-state index in [1.807, 2.05) is 20.8 Å². The summed E-state index contributed by atoms with van der Waals surface area (Å²) in [4.78, 5) is 16.7. The Labute approximate surface area is 165 Å². The summed E-state index contributed by atoms with van der Waals surface area (Å²) in [5.74, 6) is 1.49. The van der Waals surface area contributed by atoms with Gasteiger partial charge in [-0.2, -0.15) is 0 Å². The Morgan fingerprint density at radius 2 is 1.79 bits per heavy atom. The number of hydrogen-bond donors (Lipinski definition) is 4. The molecule has 1 amide bonds. The van der Waals surface area contributed by atoms with Gasteiger partial charge in [-0.3, -0.25) is 4.79 Å². The van der Waals surface area contributed by atoms with Crippen LogP contribution in [-0.4, -0.2) is 41.8 Å². The van der Waals surface area contributed by atoms with E-state index < -0.39 is 0 Å². The Morgan fingerprint density at radius 1 is 1.07 bits per heavy atom. The Kier molecular flexibility index (Phi) is 8.33. The minimum atomic E-state index is -0.187. The second-order valence-corrected chi connectivity index (χ2v) is 6.16. The summed E-state index contributed by atoms with van der Waals surface area (Å²) < 4.78 is 5.38. The van der Waals surface area contributed by atoms with Crippen molar-refractivity contribution in [2.24, 2.45) is 4.99 Å². The Morgan fingerprint density at radius 3 is 2.43 bits per heavy atom. The predicted octanol–water partition coefficient (Wildman–Crippen LogP) is 1.99. The largest absolute Gasteiger partial charge is 0.508 e. The van der Waals surface area contributed by atoms with Gasteiger partial charge in [0.05, 0.1) is 12.2 Å². The quantitative estimate of drug-likeness (QED) is 0.297. The smallest absolute Gasteiger partial charge is 0.251 e. The summed E-state index contributed by atoms with van der Waals surface area (Å²) in [6, 6.07) is 6.14. The van der Waals surface area contributed by atoms with E-state index in [1.54, 1.807) is 12.1 Å². The number of hydrogen-bond acceptors (Lipinski definition) is 5. The summed E-state index contributed by atoms with van der Waals surface area (Å²) in [6.45, 7) is 8.27. The molecule has 0 aliphatic carbocycles. The van der Waals surface area contributed by atoms with Crippen molar-refractivity contribution in [3.63, 3.8) is 0 Å². The normalized spacial score (nSPS) is 11.3. The van der Waals surface area contributed by atoms with E-state index in [1.165, 1.54) is 12.1 Å². The molecule has 0 fully saturated rings. The van der Waals surface area contributed by atoms with E-state index in [9.17, 15) is 9.90 Å². The number of carbonyl (C=O) groups is 1. The van der Waals surface area contributed by atoms with Crippen LogP contribution in [0.1, 0.15) is 48.1 Å². The Balaban J connectivity index is 1.87. The minimum Gasteiger partial charge on any atom is -0.508 e. The van der Waals surface area contributed by atoms with E-state index in [0.717, 1.165) is 36.4 Å². The zero-order valence-electron chi connectivity index (χ0n) is 16.7. The minimum absolute atomic E-state index is 0.134. The number of aliphatic imine (C=N–C) groups is 1. The molecular weight excluding hydrogens is 358 g/mol. The number of benzene rings is 1. The van der Waals surface area contributed by atoms with Gasteiger partial charge in [-0.25, -0.2) is 4.99 Å². The van der Waals surface area contributed by atoms with Crippen molar-refractivity contribution < 1.29 is 14.4 Å². The number of amides is 1. The first kappa shape index (κ1) is 21.3. The number of aryl methyl sites for hydroxylation is 2. The van der Waals surface area contributed by atoms with Crippen LogP contribution in [-0.2, 0) is 19.4 Å². The number of aromatic hydroxyl groups is 1. The fourth-order valence-electron chi connectivity index (χ4n) is 2.69. The molecule has 28 heavy (non-hydrogen) atoms. The van der Waals surface area contributed by atoms with Gasteiger partial charge in [0.1, 0.15) is 11.5 Å². The molecule has 1 aromatic heterocycles. The van der Waals surface area contributed by atoms with Crippen molar-refractivity contribution >= 4 is 11.9 Å². The van der Waals surface area contributed by atoms with Crippen LogP contribution in [0.15, 0.2) is 33.8 Å². The molecule has 152 valence electrons. The van der Waals surface area contributed by atoms with E-state index >= 15 is 0 Å². The van der Waals surface area contributed by atoms with Crippen LogP contribution in [0.25, 0.3) is 0 Å². The van der Waals surface area contributed by atoms with Gasteiger partial charge in [-0.1, -0.05) is 19.0 Å². The number of aromatic nitrogens is 1. The second kappa shape index (κ2) is 11.0. The van der Waals surface area contributed by atoms with Gasteiger partial charge < -0.3 is 25.6 Å². The van der Waals surface area contributed by atoms with Crippen LogP contribution in [0, 0.1) is 0 Å². The lowest BCUT2D eigenvalue weighted by molar-refractivity contribution is 0.0954. The lowest BCUT2D eigenvalue weighted by atomic mass is 10.1. The average molecular weight is 387 g/mol. The summed E-state index contributed by atoms with van der Waals surface area (Å²) in [7, 11) is 0. The lowest BCUT2D eigenvalue weighted by Crippen LogP contribution is -2.41. The first-order valence-corrected chi connectivity index (χ1v) is 9.64. The molecule has 0 bridgehead atoms. The van der Waals surface area contributed by atoms with Crippen LogP contribution >= 0.6 is 0 Å². The monoisotopic (exact) mass is 387 g/mol. The standard InChI is InChI=1S/C20H29N5O3/c1-4-17-16(18(5-2)28-25-17)13-24-20(21-6-3)23-12-11-22-19(27)14-7-9-15(26)10-8-14/h7-10,26H,4-6,11-13H2,1-3H3,(H,22,27)(H2,21,23,24). The summed E-state index contributed by atoms with van der Waals surface area (Å²) in [6.07, 6.45) is 1.59. The first-order valence-electron chi connectivity index (χ1n) is 9.64. The van der Waals surface area contributed by atoms with Crippen LogP contribution in [0.4, 0.5) is 0 Å². The van der Waals surface area contributed by atoms with Gasteiger partial charge in [0.15, 0.2) is 5.96 Å². The third-order valence-corrected chi connectivity index (χ3v) is 4.18. The number of phenolic OH excluding ortho intramolecular Hbond substituents is 1. The predicted molar refractivity (Wildman–Crippen MR) is 109 cm³/mol. The topological polar surface area (TPSA) is 112 Å². The van der Waals surface area contributed by atoms with E-state index in [0.29, 0.717) is 31.2 Å². The number of phenols is 1. The third kappa shape index (κ3) is 6.00. The van der Waals surface area contributed by atoms with E-state index in [4.69, 9.17) is 4.52 Å². The molecule has 0 aliphatic heterocycles. The van der Waals surface area contributed by atoms with Crippen molar-refractivity contribution in [3.8, 4) is 5.75 Å². The first-order chi connectivity index (χ1) is 13.6. The third-order valence-electron chi connectivity index (χ3n) is 4.18. The molecule has 0 spiro atoms. The van der Waals surface area contributed by atoms with Crippen LogP contribution in [0.3, 0.4) is 0 Å². The van der Waals surface area contributed by atoms with E-state index in [2.05, 4.69) is 26.1 Å². The Hall–Kier alpha value is -3.03. The van der Waals surface area contributed by atoms with Crippen molar-refractivity contribution in [1.29, 1.82) is 0 Å². The highest BCUT2D eigenvalue weighted by Crippen LogP contribution is 2.16. The SMILES string of the molecule is CCNC(=NCc1c(CC)noc1CC)NCCNC(=O)c1ccc(O)cc1. The lowest BCUT2D eigenvalue weighted by Gasteiger charge is -2.12. The molecular formula is C20H29N5O3. The highest BCUT2D eigenvalue weighted by Gasteiger charge is 2.13. The van der Waals surface area contributed by atoms with Crippen molar-refractivity contribution in [1.82, 2.24) is 21.1 Å². The van der Waals surface area contributed by atoms with Gasteiger partial charge in [-0.05, 0) is 37.6 Å². The highest BCUT2D eigenvalue weighted by atomic mass is 16.5. The number of nitrogens with one attached hydrogen (secondary N) is 3. The van der Waals surface area contributed by atoms with Crippen molar-refractivity contribution in [3.05, 3.63) is 46.8 Å². The molecule has 1 aromatic carbocycles. The molecule has 0 saturated carbocycles. The molecule has 0 radical (unpaired) electrons. The van der Waals surface area contributed by atoms with Crippen molar-refractivity contribution in [2.45, 2.75) is 40.2 Å². The zero-order valence-corrected chi connectivity index (χ0v) is 16.7. The Bertz CT molecular complexity index is 762. The molecule has 0 saturated heterocycles. The van der Waals surface area contributed by atoms with Gasteiger partial charge in [0.25, 0.3) is 5.91 Å². The van der Waals surface area contributed by atoms with Crippen LogP contribution in [0.2, 0.25) is 0 Å². The molecule has 0 aliphatic rings. The number of rotatable bonds is 9. The molecule has 1 heterocycles. The second-order valence-electron chi connectivity index (χ2n) is 6.16. The molecule has 0 unspecified atom stereocenters. The van der Waals surface area contributed by atoms with Gasteiger partial charge in [0.2, 0.25) is 0 Å². The molecule has 8 heteroatoms. The zero-order chi connectivity index (χ0) is 20.4. The van der Waals surface area contributed by atoms with Gasteiger partial charge in [0, 0.05) is 37.2 Å². The van der Waals surface area contributed by atoms with Gasteiger partial charge in [-0.15, -0.1) is 0 Å². The maximum Gasteiger partial charge on any atom is 0.251 e. The molecule has 2 aromatic rings. The number of guanidine groups is 1. The van der Waals surface area contributed by atoms with Crippen LogP contribution < -0.4 is 16.0 Å². The number of nitrogens with zero attached hydrogens (tertiary/aromatic N) is 2. The summed E-state index contributed by atoms with van der Waals surface area (Å²) >= 11 is 0. The molecule has 0 atom stereocenters. The summed E-state index contributed by atoms with van der Waals surface area (Å²) in [5, 5.41) is 22.6. The molecule has 4 N–H and O–H groups in total. The average Bonchev–Trinajstić information content (AvgIpc) is 3.11. The summed E-state index contributed by atoms with van der Waals surface area (Å²) in [5.41, 5.74) is 2.49. The fraction of sp³-hybridized carbons (Fsp3) is 0.450. The maximum atomic E-state index is 12.1. The number of carbonyl (C=O) groups excluding carboxylic acids is 1. The molecule has 2 rings (SSSR count). The van der Waals surface area contributed by atoms with Crippen LogP contribution in [0.5, 0.6) is 5.75 Å². The maximum absolute atomic E-state index is 12.1. The fourth-order valence-corrected chi connectivity index (χ4v) is 2.69. The van der Waals surface area contributed by atoms with E-state index in [-0.39, 0.29) is 11.7 Å².